The Bertz CT molecular complexity index is 1010. The molecule has 29 heavy (non-hydrogen) atoms. The number of aryl methyl sites for hydroxylation is 1. The number of fused-ring (bicyclic) bond motifs is 1. The Morgan fingerprint density at radius 3 is 2.69 bits per heavy atom. The number of piperidine rings is 1. The molecule has 152 valence electrons. The highest BCUT2D eigenvalue weighted by molar-refractivity contribution is 7.20. The Balaban J connectivity index is 1.54. The smallest absolute Gasteiger partial charge is 0.254 e. The molecular formula is C21H25N5O2S. The monoisotopic (exact) mass is 411 g/mol. The summed E-state index contributed by atoms with van der Waals surface area (Å²) in [6, 6.07) is 8.19. The summed E-state index contributed by atoms with van der Waals surface area (Å²) in [5.41, 5.74) is 2.90. The fraction of sp³-hybridized carbons (Fsp3) is 0.476. The van der Waals surface area contributed by atoms with Gasteiger partial charge in [-0.2, -0.15) is 4.52 Å². The van der Waals surface area contributed by atoms with Crippen molar-refractivity contribution in [3.63, 3.8) is 0 Å². The van der Waals surface area contributed by atoms with E-state index in [-0.39, 0.29) is 5.91 Å². The average molecular weight is 412 g/mol. The zero-order valence-corrected chi connectivity index (χ0v) is 17.4. The second-order valence-corrected chi connectivity index (χ2v) is 8.73. The number of amides is 1. The summed E-state index contributed by atoms with van der Waals surface area (Å²) in [7, 11) is 0. The van der Waals surface area contributed by atoms with E-state index in [1.165, 1.54) is 24.8 Å². The summed E-state index contributed by atoms with van der Waals surface area (Å²) in [5, 5.41) is 8.86. The highest BCUT2D eigenvalue weighted by atomic mass is 32.1. The molecule has 2 aliphatic rings. The summed E-state index contributed by atoms with van der Waals surface area (Å²) in [6.07, 6.45) is 4.94. The molecular weight excluding hydrogens is 386 g/mol. The van der Waals surface area contributed by atoms with E-state index in [0.717, 1.165) is 47.3 Å². The van der Waals surface area contributed by atoms with Crippen LogP contribution in [0.5, 0.6) is 0 Å². The highest BCUT2D eigenvalue weighted by Crippen LogP contribution is 2.34. The molecule has 0 aliphatic carbocycles. The van der Waals surface area contributed by atoms with Crippen molar-refractivity contribution < 1.29 is 9.53 Å². The van der Waals surface area contributed by atoms with Crippen LogP contribution in [0, 0.1) is 6.92 Å². The van der Waals surface area contributed by atoms with Gasteiger partial charge in [0.25, 0.3) is 5.91 Å². The van der Waals surface area contributed by atoms with Crippen LogP contribution in [0.4, 0.5) is 10.9 Å². The number of anilines is 2. The molecule has 3 aromatic rings. The van der Waals surface area contributed by atoms with Crippen LogP contribution in [0.1, 0.15) is 37.7 Å². The van der Waals surface area contributed by atoms with Gasteiger partial charge in [0.05, 0.1) is 0 Å². The number of rotatable bonds is 4. The zero-order valence-electron chi connectivity index (χ0n) is 16.6. The topological polar surface area (TPSA) is 71.8 Å². The van der Waals surface area contributed by atoms with E-state index >= 15 is 0 Å². The maximum atomic E-state index is 12.8. The summed E-state index contributed by atoms with van der Waals surface area (Å²) in [4.78, 5) is 20.7. The van der Waals surface area contributed by atoms with Gasteiger partial charge in [-0.1, -0.05) is 41.2 Å². The van der Waals surface area contributed by atoms with Crippen molar-refractivity contribution in [2.24, 2.45) is 0 Å². The minimum absolute atomic E-state index is 0.120. The average Bonchev–Trinajstić information content (AvgIpc) is 3.47. The Morgan fingerprint density at radius 1 is 1.17 bits per heavy atom. The van der Waals surface area contributed by atoms with Gasteiger partial charge in [0, 0.05) is 25.3 Å². The number of nitrogens with one attached hydrogen (secondary N) is 1. The Morgan fingerprint density at radius 2 is 1.97 bits per heavy atom. The second-order valence-electron chi connectivity index (χ2n) is 7.79. The van der Waals surface area contributed by atoms with E-state index in [9.17, 15) is 4.79 Å². The molecule has 0 spiro atoms. The fourth-order valence-electron chi connectivity index (χ4n) is 3.96. The van der Waals surface area contributed by atoms with Crippen molar-refractivity contribution in [3.05, 3.63) is 29.8 Å². The van der Waals surface area contributed by atoms with Gasteiger partial charge in [-0.15, -0.1) is 5.10 Å². The van der Waals surface area contributed by atoms with Crippen LogP contribution < -0.4 is 10.2 Å². The molecule has 5 rings (SSSR count). The predicted octanol–water partition coefficient (Wildman–Crippen LogP) is 3.87. The van der Waals surface area contributed by atoms with Gasteiger partial charge in [-0.25, -0.2) is 4.98 Å². The van der Waals surface area contributed by atoms with Gasteiger partial charge in [0.2, 0.25) is 10.1 Å². The van der Waals surface area contributed by atoms with Crippen molar-refractivity contribution in [3.8, 4) is 11.3 Å². The number of hydrogen-bond acceptors (Lipinski definition) is 6. The Kier molecular flexibility index (Phi) is 4.97. The lowest BCUT2D eigenvalue weighted by Crippen LogP contribution is -2.29. The zero-order chi connectivity index (χ0) is 19.8. The van der Waals surface area contributed by atoms with Gasteiger partial charge >= 0.3 is 0 Å². The van der Waals surface area contributed by atoms with Gasteiger partial charge in [0.1, 0.15) is 11.8 Å². The van der Waals surface area contributed by atoms with E-state index in [1.54, 1.807) is 15.9 Å². The first-order valence-corrected chi connectivity index (χ1v) is 11.1. The molecule has 4 heterocycles. The highest BCUT2D eigenvalue weighted by Gasteiger charge is 2.28. The molecule has 1 N–H and O–H groups in total. The first-order chi connectivity index (χ1) is 14.2. The number of hydrogen-bond donors (Lipinski definition) is 1. The van der Waals surface area contributed by atoms with Gasteiger partial charge in [-0.3, -0.25) is 4.79 Å². The molecule has 1 amide bonds. The van der Waals surface area contributed by atoms with Crippen molar-refractivity contribution in [1.82, 2.24) is 14.6 Å². The third-order valence-electron chi connectivity index (χ3n) is 5.61. The molecule has 0 unspecified atom stereocenters. The third-order valence-corrected chi connectivity index (χ3v) is 6.58. The van der Waals surface area contributed by atoms with Crippen LogP contribution in [-0.2, 0) is 9.53 Å². The van der Waals surface area contributed by atoms with Gasteiger partial charge in [-0.05, 0) is 39.0 Å². The van der Waals surface area contributed by atoms with Crippen molar-refractivity contribution in [2.45, 2.75) is 45.1 Å². The van der Waals surface area contributed by atoms with Gasteiger partial charge < -0.3 is 15.0 Å². The maximum absolute atomic E-state index is 12.8. The van der Waals surface area contributed by atoms with Crippen molar-refractivity contribution in [2.75, 3.05) is 29.9 Å². The van der Waals surface area contributed by atoms with E-state index in [0.29, 0.717) is 12.4 Å². The quantitative estimate of drug-likeness (QED) is 0.706. The number of aromatic nitrogens is 3. The first kappa shape index (κ1) is 18.6. The largest absolute Gasteiger partial charge is 0.368 e. The molecule has 2 aliphatic heterocycles. The molecule has 0 bridgehead atoms. The molecule has 0 saturated carbocycles. The minimum atomic E-state index is -0.397. The third kappa shape index (κ3) is 3.62. The molecule has 2 aromatic heterocycles. The molecule has 8 heteroatoms. The maximum Gasteiger partial charge on any atom is 0.254 e. The Labute approximate surface area is 173 Å². The van der Waals surface area contributed by atoms with Crippen LogP contribution in [0.25, 0.3) is 16.2 Å². The lowest BCUT2D eigenvalue weighted by molar-refractivity contribution is -0.124. The number of carbonyl (C=O) groups excluding carboxylic acids is 1. The lowest BCUT2D eigenvalue weighted by Gasteiger charge is -2.25. The standard InChI is InChI=1S/C21H25N5O2S/c1-14-7-9-15(10-8-14)17-18(23-19(27)16-6-5-13-28-16)26-20(22-17)29-21(24-26)25-11-3-2-4-12-25/h7-10,16H,2-6,11-13H2,1H3,(H,23,27)/t16-/m0/s1. The van der Waals surface area contributed by atoms with Gasteiger partial charge in [0.15, 0.2) is 5.82 Å². The number of carbonyl (C=O) groups is 1. The van der Waals surface area contributed by atoms with E-state index < -0.39 is 6.10 Å². The summed E-state index contributed by atoms with van der Waals surface area (Å²) >= 11 is 1.58. The minimum Gasteiger partial charge on any atom is -0.368 e. The van der Waals surface area contributed by atoms with Crippen LogP contribution in [0.3, 0.4) is 0 Å². The number of imidazole rings is 1. The van der Waals surface area contributed by atoms with Crippen LogP contribution in [-0.4, -0.2) is 46.3 Å². The first-order valence-electron chi connectivity index (χ1n) is 10.3. The normalized spacial score (nSPS) is 19.8. The van der Waals surface area contributed by atoms with E-state index in [1.807, 2.05) is 12.1 Å². The fourth-order valence-corrected chi connectivity index (χ4v) is 4.91. The SMILES string of the molecule is Cc1ccc(-c2nc3sc(N4CCCCC4)nn3c2NC(=O)[C@@H]2CCCO2)cc1. The van der Waals surface area contributed by atoms with E-state index in [4.69, 9.17) is 14.8 Å². The lowest BCUT2D eigenvalue weighted by atomic mass is 10.1. The summed E-state index contributed by atoms with van der Waals surface area (Å²) in [6.45, 7) is 4.75. The van der Waals surface area contributed by atoms with Crippen molar-refractivity contribution >= 4 is 33.2 Å². The summed E-state index contributed by atoms with van der Waals surface area (Å²) < 4.78 is 7.36. The number of benzene rings is 1. The van der Waals surface area contributed by atoms with Crippen LogP contribution >= 0.6 is 11.3 Å². The molecule has 1 atom stereocenters. The number of nitrogens with zero attached hydrogens (tertiary/aromatic N) is 4. The molecule has 1 aromatic carbocycles. The molecule has 7 nitrogen and oxygen atoms in total. The number of ether oxygens (including phenoxy) is 1. The van der Waals surface area contributed by atoms with Crippen LogP contribution in [0.2, 0.25) is 0 Å². The van der Waals surface area contributed by atoms with E-state index in [2.05, 4.69) is 29.3 Å². The van der Waals surface area contributed by atoms with Crippen molar-refractivity contribution in [1.29, 1.82) is 0 Å². The molecule has 2 saturated heterocycles. The summed E-state index contributed by atoms with van der Waals surface area (Å²) in [5.74, 6) is 0.508. The molecule has 2 fully saturated rings. The predicted molar refractivity (Wildman–Crippen MR) is 115 cm³/mol. The Hall–Kier alpha value is -2.45. The second kappa shape index (κ2) is 7.76. The van der Waals surface area contributed by atoms with Crippen LogP contribution in [0.15, 0.2) is 24.3 Å². The molecule has 0 radical (unpaired) electrons.